The first-order chi connectivity index (χ1) is 27.6. The van der Waals surface area contributed by atoms with Crippen LogP contribution >= 0.6 is 0 Å². The summed E-state index contributed by atoms with van der Waals surface area (Å²) >= 11 is 0. The molecule has 0 aliphatic heterocycles. The summed E-state index contributed by atoms with van der Waals surface area (Å²) in [6, 6.07) is 62.6. The Labute approximate surface area is 328 Å². The minimum Gasteiger partial charge on any atom is -0.309 e. The smallest absolute Gasteiger partial charge is 0.160 e. The van der Waals surface area contributed by atoms with Gasteiger partial charge in [-0.05, 0) is 107 Å². The lowest BCUT2D eigenvalue weighted by Gasteiger charge is -2.12. The predicted octanol–water partition coefficient (Wildman–Crippen LogP) is 13.8. The molecule has 56 heavy (non-hydrogen) atoms. The van der Waals surface area contributed by atoms with Gasteiger partial charge in [0.2, 0.25) is 0 Å². The van der Waals surface area contributed by atoms with Gasteiger partial charge in [0.1, 0.15) is 0 Å². The number of para-hydroxylation sites is 1. The molecule has 1 aromatic heterocycles. The van der Waals surface area contributed by atoms with Crippen molar-refractivity contribution in [3.05, 3.63) is 223 Å². The molecule has 0 bridgehead atoms. The normalized spacial score (nSPS) is 13.3. The topological polar surface area (TPSA) is 29.6 Å². The molecule has 0 amide bonds. The van der Waals surface area contributed by atoms with Crippen molar-refractivity contribution < 1.29 is 0 Å². The standard InChI is InChI=1S/C53H41N3/c1-37(39-18-7-3-8-19-39)54-53(55-38(2)40-20-9-4-10-21-40)46-27-16-25-43(35-46)42-24-15-26-45(34-42)48-30-17-31-51-52(48)49-36-44(41-22-11-5-12-23-41)32-33-50(49)56(51)47-28-13-6-14-29-47/h4-7,9-36H,1,3,8H2,2H3. The third-order valence-corrected chi connectivity index (χ3v) is 10.6. The van der Waals surface area contributed by atoms with Crippen LogP contribution in [0.4, 0.5) is 0 Å². The Bertz CT molecular complexity index is 2850. The third kappa shape index (κ3) is 6.87. The number of allylic oxidation sites excluding steroid dienone is 3. The van der Waals surface area contributed by atoms with Gasteiger partial charge in [-0.15, -0.1) is 0 Å². The van der Waals surface area contributed by atoms with Gasteiger partial charge in [-0.1, -0.05) is 158 Å². The van der Waals surface area contributed by atoms with Crippen LogP contribution in [0.5, 0.6) is 0 Å². The third-order valence-electron chi connectivity index (χ3n) is 10.6. The maximum atomic E-state index is 5.12. The number of hydrogen-bond acceptors (Lipinski definition) is 1. The number of nitrogens with zero attached hydrogens (tertiary/aromatic N) is 3. The number of hydrogen-bond donors (Lipinski definition) is 0. The monoisotopic (exact) mass is 719 g/mol. The summed E-state index contributed by atoms with van der Waals surface area (Å²) in [6.07, 6.45) is 8.53. The van der Waals surface area contributed by atoms with Crippen LogP contribution in [-0.2, 0) is 0 Å². The van der Waals surface area contributed by atoms with Crippen molar-refractivity contribution >= 4 is 33.4 Å². The van der Waals surface area contributed by atoms with Crippen molar-refractivity contribution in [1.29, 1.82) is 0 Å². The summed E-state index contributed by atoms with van der Waals surface area (Å²) in [5, 5.41) is 2.46. The minimum atomic E-state index is 0.641. The molecular formula is C53H41N3. The molecule has 0 unspecified atom stereocenters. The molecule has 0 fully saturated rings. The maximum absolute atomic E-state index is 5.12. The largest absolute Gasteiger partial charge is 0.309 e. The zero-order valence-electron chi connectivity index (χ0n) is 31.4. The molecule has 1 heterocycles. The molecule has 0 saturated carbocycles. The molecule has 8 aromatic rings. The number of amidine groups is 1. The van der Waals surface area contributed by atoms with E-state index in [1.54, 1.807) is 0 Å². The Morgan fingerprint density at radius 1 is 0.536 bits per heavy atom. The van der Waals surface area contributed by atoms with Gasteiger partial charge in [0.25, 0.3) is 0 Å². The maximum Gasteiger partial charge on any atom is 0.160 e. The first-order valence-electron chi connectivity index (χ1n) is 19.3. The van der Waals surface area contributed by atoms with E-state index in [2.05, 4.69) is 187 Å². The second-order valence-corrected chi connectivity index (χ2v) is 14.2. The van der Waals surface area contributed by atoms with Crippen LogP contribution in [0.1, 0.15) is 30.9 Å². The summed E-state index contributed by atoms with van der Waals surface area (Å²) in [5.74, 6) is 0.641. The van der Waals surface area contributed by atoms with E-state index in [0.717, 1.165) is 57.6 Å². The van der Waals surface area contributed by atoms with Crippen molar-refractivity contribution in [3.8, 4) is 39.1 Å². The van der Waals surface area contributed by atoms with Crippen LogP contribution in [0.3, 0.4) is 0 Å². The van der Waals surface area contributed by atoms with Crippen molar-refractivity contribution in [3.63, 3.8) is 0 Å². The highest BCUT2D eigenvalue weighted by atomic mass is 15.0. The Hall–Kier alpha value is -7.10. The van der Waals surface area contributed by atoms with Gasteiger partial charge in [-0.2, -0.15) is 0 Å². The first-order valence-corrected chi connectivity index (χ1v) is 19.3. The van der Waals surface area contributed by atoms with Crippen LogP contribution in [-0.4, -0.2) is 16.1 Å². The summed E-state index contributed by atoms with van der Waals surface area (Å²) < 4.78 is 2.39. The summed E-state index contributed by atoms with van der Waals surface area (Å²) in [4.78, 5) is 10.2. The molecule has 0 saturated heterocycles. The number of aromatic nitrogens is 1. The number of fused-ring (bicyclic) bond motifs is 3. The van der Waals surface area contributed by atoms with E-state index >= 15 is 0 Å². The highest BCUT2D eigenvalue weighted by Gasteiger charge is 2.18. The van der Waals surface area contributed by atoms with E-state index in [-0.39, 0.29) is 0 Å². The zero-order chi connectivity index (χ0) is 37.8. The van der Waals surface area contributed by atoms with Crippen molar-refractivity contribution in [2.45, 2.75) is 19.8 Å². The van der Waals surface area contributed by atoms with Gasteiger partial charge in [0.05, 0.1) is 16.7 Å². The highest BCUT2D eigenvalue weighted by Crippen LogP contribution is 2.41. The van der Waals surface area contributed by atoms with Crippen molar-refractivity contribution in [2.75, 3.05) is 0 Å². The van der Waals surface area contributed by atoms with Gasteiger partial charge >= 0.3 is 0 Å². The molecule has 9 rings (SSSR count). The van der Waals surface area contributed by atoms with Crippen molar-refractivity contribution in [1.82, 2.24) is 4.57 Å². The molecule has 0 radical (unpaired) electrons. The Morgan fingerprint density at radius 2 is 1.18 bits per heavy atom. The predicted molar refractivity (Wildman–Crippen MR) is 238 cm³/mol. The van der Waals surface area contributed by atoms with Crippen LogP contribution in [0, 0.1) is 0 Å². The summed E-state index contributed by atoms with van der Waals surface area (Å²) in [6.45, 7) is 6.40. The van der Waals surface area contributed by atoms with Gasteiger partial charge in [0.15, 0.2) is 5.84 Å². The van der Waals surface area contributed by atoms with E-state index in [9.17, 15) is 0 Å². The molecule has 1 aliphatic rings. The van der Waals surface area contributed by atoms with E-state index in [1.807, 2.05) is 25.1 Å². The Morgan fingerprint density at radius 3 is 1.95 bits per heavy atom. The quantitative estimate of drug-likeness (QED) is 0.111. The average Bonchev–Trinajstić information content (AvgIpc) is 3.61. The lowest BCUT2D eigenvalue weighted by Crippen LogP contribution is -2.05. The molecule has 3 heteroatoms. The molecular weight excluding hydrogens is 679 g/mol. The molecule has 1 aliphatic carbocycles. The second kappa shape index (κ2) is 15.3. The number of aliphatic imine (C=N–C) groups is 2. The summed E-state index contributed by atoms with van der Waals surface area (Å²) in [5.41, 5.74) is 15.1. The molecule has 7 aromatic carbocycles. The fourth-order valence-corrected chi connectivity index (χ4v) is 7.76. The lowest BCUT2D eigenvalue weighted by molar-refractivity contribution is 1.02. The Balaban J connectivity index is 1.17. The molecule has 3 nitrogen and oxygen atoms in total. The Kier molecular flexibility index (Phi) is 9.49. The van der Waals surface area contributed by atoms with Gasteiger partial charge in [0, 0.05) is 27.7 Å². The van der Waals surface area contributed by atoms with Crippen LogP contribution in [0.25, 0.3) is 60.9 Å². The van der Waals surface area contributed by atoms with Crippen molar-refractivity contribution in [2.24, 2.45) is 9.98 Å². The lowest BCUT2D eigenvalue weighted by atomic mass is 9.94. The van der Waals surface area contributed by atoms with Gasteiger partial charge in [-0.25, -0.2) is 9.98 Å². The first kappa shape index (κ1) is 34.7. The number of rotatable bonds is 8. The highest BCUT2D eigenvalue weighted by molar-refractivity contribution is 6.17. The minimum absolute atomic E-state index is 0.641. The van der Waals surface area contributed by atoms with Gasteiger partial charge in [-0.3, -0.25) is 0 Å². The molecule has 0 N–H and O–H groups in total. The van der Waals surface area contributed by atoms with Crippen LogP contribution in [0.2, 0.25) is 0 Å². The SMILES string of the molecule is C=C(N=C(N=C(C)c1ccccc1)c1cccc(-c2cccc(-c3cccc4c3c3cc(-c5ccccc5)ccc3n4-c3ccccc3)c2)c1)C1=CCCC=C1. The second-order valence-electron chi connectivity index (χ2n) is 14.2. The van der Waals surface area contributed by atoms with Crippen LogP contribution in [0.15, 0.2) is 222 Å². The summed E-state index contributed by atoms with van der Waals surface area (Å²) in [7, 11) is 0. The van der Waals surface area contributed by atoms with Crippen LogP contribution < -0.4 is 0 Å². The molecule has 0 atom stereocenters. The van der Waals surface area contributed by atoms with E-state index in [4.69, 9.17) is 9.98 Å². The van der Waals surface area contributed by atoms with E-state index in [0.29, 0.717) is 11.5 Å². The van der Waals surface area contributed by atoms with Gasteiger partial charge < -0.3 is 4.57 Å². The fourth-order valence-electron chi connectivity index (χ4n) is 7.76. The average molecular weight is 720 g/mol. The molecule has 0 spiro atoms. The molecule has 268 valence electrons. The fraction of sp³-hybridized carbons (Fsp3) is 0.0566. The number of benzene rings is 7. The van der Waals surface area contributed by atoms with E-state index < -0.39 is 0 Å². The van der Waals surface area contributed by atoms with E-state index in [1.165, 1.54) is 38.5 Å². The zero-order valence-corrected chi connectivity index (χ0v) is 31.4.